The molecule has 0 spiro atoms. The summed E-state index contributed by atoms with van der Waals surface area (Å²) in [5.74, 6) is 0.161. The Labute approximate surface area is 91.9 Å². The van der Waals surface area contributed by atoms with Crippen molar-refractivity contribution < 1.29 is 9.90 Å². The minimum Gasteiger partial charge on any atom is -0.395 e. The molecule has 0 aliphatic carbocycles. The van der Waals surface area contributed by atoms with Gasteiger partial charge < -0.3 is 10.0 Å². The van der Waals surface area contributed by atoms with E-state index in [2.05, 4.69) is 4.90 Å². The van der Waals surface area contributed by atoms with E-state index in [9.17, 15) is 4.79 Å². The predicted octanol–water partition coefficient (Wildman–Crippen LogP) is 0.311. The Morgan fingerprint density at radius 1 is 1.60 bits per heavy atom. The van der Waals surface area contributed by atoms with E-state index in [4.69, 9.17) is 5.11 Å². The number of piperidine rings is 1. The van der Waals surface area contributed by atoms with Gasteiger partial charge in [0.1, 0.15) is 0 Å². The van der Waals surface area contributed by atoms with E-state index >= 15 is 0 Å². The normalized spacial score (nSPS) is 22.7. The van der Waals surface area contributed by atoms with E-state index in [0.29, 0.717) is 6.04 Å². The van der Waals surface area contributed by atoms with Crippen LogP contribution in [0.3, 0.4) is 0 Å². The first kappa shape index (κ1) is 12.5. The number of aliphatic hydroxyl groups is 1. The van der Waals surface area contributed by atoms with Crippen molar-refractivity contribution in [2.45, 2.75) is 32.7 Å². The Kier molecular flexibility index (Phi) is 5.05. The first-order valence-electron chi connectivity index (χ1n) is 5.79. The van der Waals surface area contributed by atoms with Crippen molar-refractivity contribution in [2.24, 2.45) is 0 Å². The predicted molar refractivity (Wildman–Crippen MR) is 59.6 cm³/mol. The Morgan fingerprint density at radius 3 is 2.87 bits per heavy atom. The number of hydrogen-bond donors (Lipinski definition) is 1. The molecule has 1 rings (SSSR count). The number of rotatable bonds is 4. The van der Waals surface area contributed by atoms with Gasteiger partial charge in [-0.2, -0.15) is 0 Å². The second-order valence-electron chi connectivity index (χ2n) is 4.13. The molecule has 0 aromatic heterocycles. The molecular weight excluding hydrogens is 192 g/mol. The van der Waals surface area contributed by atoms with Crippen molar-refractivity contribution in [3.8, 4) is 0 Å². The van der Waals surface area contributed by atoms with Crippen LogP contribution in [0.5, 0.6) is 0 Å². The lowest BCUT2D eigenvalue weighted by atomic mass is 10.0. The lowest BCUT2D eigenvalue weighted by Crippen LogP contribution is -2.50. The van der Waals surface area contributed by atoms with Crippen LogP contribution in [-0.2, 0) is 4.79 Å². The average molecular weight is 214 g/mol. The van der Waals surface area contributed by atoms with Crippen molar-refractivity contribution >= 4 is 5.91 Å². The first-order chi connectivity index (χ1) is 7.19. The molecule has 4 nitrogen and oxygen atoms in total. The van der Waals surface area contributed by atoms with Crippen LogP contribution in [0.15, 0.2) is 0 Å². The van der Waals surface area contributed by atoms with E-state index in [1.165, 1.54) is 0 Å². The molecule has 1 aliphatic heterocycles. The molecule has 1 fully saturated rings. The number of carbonyl (C=O) groups is 1. The Bertz CT molecular complexity index is 207. The Morgan fingerprint density at radius 2 is 2.33 bits per heavy atom. The summed E-state index contributed by atoms with van der Waals surface area (Å²) in [6.07, 6.45) is 2.21. The van der Waals surface area contributed by atoms with Gasteiger partial charge in [-0.05, 0) is 26.3 Å². The third-order valence-corrected chi connectivity index (χ3v) is 3.08. The molecule has 0 radical (unpaired) electrons. The smallest absolute Gasteiger partial charge is 0.219 e. The zero-order valence-corrected chi connectivity index (χ0v) is 9.78. The van der Waals surface area contributed by atoms with Crippen molar-refractivity contribution in [1.29, 1.82) is 0 Å². The summed E-state index contributed by atoms with van der Waals surface area (Å²) in [6, 6.07) is 0.341. The molecule has 4 heteroatoms. The fraction of sp³-hybridized carbons (Fsp3) is 0.909. The van der Waals surface area contributed by atoms with E-state index in [0.717, 1.165) is 39.0 Å². The van der Waals surface area contributed by atoms with Crippen LogP contribution < -0.4 is 0 Å². The highest BCUT2D eigenvalue weighted by Gasteiger charge is 2.25. The van der Waals surface area contributed by atoms with Crippen LogP contribution in [0, 0.1) is 0 Å². The highest BCUT2D eigenvalue weighted by molar-refractivity contribution is 5.73. The van der Waals surface area contributed by atoms with Gasteiger partial charge in [0.25, 0.3) is 0 Å². The number of amides is 1. The van der Waals surface area contributed by atoms with Crippen LogP contribution >= 0.6 is 0 Å². The van der Waals surface area contributed by atoms with Crippen molar-refractivity contribution in [3.05, 3.63) is 0 Å². The SMILES string of the molecule is CCN(C(C)=O)[C@@H]1CCCN(CCO)C1. The molecular formula is C11H22N2O2. The fourth-order valence-electron chi connectivity index (χ4n) is 2.37. The quantitative estimate of drug-likeness (QED) is 0.732. The van der Waals surface area contributed by atoms with Gasteiger partial charge in [-0.15, -0.1) is 0 Å². The maximum Gasteiger partial charge on any atom is 0.219 e. The largest absolute Gasteiger partial charge is 0.395 e. The highest BCUT2D eigenvalue weighted by Crippen LogP contribution is 2.15. The standard InChI is InChI=1S/C11H22N2O2/c1-3-13(10(2)15)11-5-4-6-12(9-11)7-8-14/h11,14H,3-9H2,1-2H3/t11-/m1/s1. The maximum atomic E-state index is 11.4. The summed E-state index contributed by atoms with van der Waals surface area (Å²) < 4.78 is 0. The highest BCUT2D eigenvalue weighted by atomic mass is 16.3. The molecule has 0 saturated carbocycles. The van der Waals surface area contributed by atoms with Crippen molar-refractivity contribution in [2.75, 3.05) is 32.8 Å². The molecule has 0 unspecified atom stereocenters. The molecule has 1 atom stereocenters. The summed E-state index contributed by atoms with van der Waals surface area (Å²) in [5.41, 5.74) is 0. The molecule has 1 N–H and O–H groups in total. The number of aliphatic hydroxyl groups excluding tert-OH is 1. The third-order valence-electron chi connectivity index (χ3n) is 3.08. The number of likely N-dealkylation sites (tertiary alicyclic amines) is 1. The van der Waals surface area contributed by atoms with Gasteiger partial charge in [-0.1, -0.05) is 0 Å². The summed E-state index contributed by atoms with van der Waals surface area (Å²) in [7, 11) is 0. The van der Waals surface area contributed by atoms with Crippen LogP contribution in [0.4, 0.5) is 0 Å². The minimum absolute atomic E-state index is 0.161. The summed E-state index contributed by atoms with van der Waals surface area (Å²) in [5, 5.41) is 8.89. The molecule has 1 aliphatic rings. The first-order valence-corrected chi connectivity index (χ1v) is 5.79. The second kappa shape index (κ2) is 6.08. The van der Waals surface area contributed by atoms with Gasteiger partial charge in [-0.3, -0.25) is 9.69 Å². The fourth-order valence-corrected chi connectivity index (χ4v) is 2.37. The van der Waals surface area contributed by atoms with Crippen molar-refractivity contribution in [3.63, 3.8) is 0 Å². The van der Waals surface area contributed by atoms with Gasteiger partial charge in [0, 0.05) is 32.6 Å². The molecule has 1 heterocycles. The topological polar surface area (TPSA) is 43.8 Å². The monoisotopic (exact) mass is 214 g/mol. The second-order valence-corrected chi connectivity index (χ2v) is 4.13. The lowest BCUT2D eigenvalue weighted by Gasteiger charge is -2.38. The Hall–Kier alpha value is -0.610. The van der Waals surface area contributed by atoms with E-state index < -0.39 is 0 Å². The molecule has 0 bridgehead atoms. The molecule has 15 heavy (non-hydrogen) atoms. The van der Waals surface area contributed by atoms with Crippen LogP contribution in [-0.4, -0.2) is 59.6 Å². The number of nitrogens with zero attached hydrogens (tertiary/aromatic N) is 2. The van der Waals surface area contributed by atoms with Gasteiger partial charge >= 0.3 is 0 Å². The molecule has 88 valence electrons. The van der Waals surface area contributed by atoms with Gasteiger partial charge in [0.15, 0.2) is 0 Å². The van der Waals surface area contributed by atoms with Crippen LogP contribution in [0.1, 0.15) is 26.7 Å². The molecule has 0 aromatic rings. The number of likely N-dealkylation sites (N-methyl/N-ethyl adjacent to an activating group) is 1. The molecule has 1 saturated heterocycles. The van der Waals surface area contributed by atoms with E-state index in [1.807, 2.05) is 11.8 Å². The van der Waals surface area contributed by atoms with E-state index in [1.54, 1.807) is 6.92 Å². The summed E-state index contributed by atoms with van der Waals surface area (Å²) in [4.78, 5) is 15.6. The van der Waals surface area contributed by atoms with Gasteiger partial charge in [0.2, 0.25) is 5.91 Å². The third kappa shape index (κ3) is 3.47. The van der Waals surface area contributed by atoms with Crippen LogP contribution in [0.2, 0.25) is 0 Å². The van der Waals surface area contributed by atoms with Gasteiger partial charge in [0.05, 0.1) is 6.61 Å². The zero-order valence-electron chi connectivity index (χ0n) is 9.78. The molecule has 0 aromatic carbocycles. The van der Waals surface area contributed by atoms with Crippen molar-refractivity contribution in [1.82, 2.24) is 9.80 Å². The zero-order chi connectivity index (χ0) is 11.3. The van der Waals surface area contributed by atoms with Gasteiger partial charge in [-0.25, -0.2) is 0 Å². The maximum absolute atomic E-state index is 11.4. The minimum atomic E-state index is 0.161. The average Bonchev–Trinajstić information content (AvgIpc) is 2.19. The Balaban J connectivity index is 2.50. The molecule has 1 amide bonds. The number of hydrogen-bond acceptors (Lipinski definition) is 3. The van der Waals surface area contributed by atoms with Crippen LogP contribution in [0.25, 0.3) is 0 Å². The summed E-state index contributed by atoms with van der Waals surface area (Å²) in [6.45, 7) is 7.33. The lowest BCUT2D eigenvalue weighted by molar-refractivity contribution is -0.132. The number of β-amino-alcohol motifs (C(OH)–C–C–N with tert-alkyl or cyclic N) is 1. The number of carbonyl (C=O) groups excluding carboxylic acids is 1. The summed E-state index contributed by atoms with van der Waals surface area (Å²) >= 11 is 0. The van der Waals surface area contributed by atoms with E-state index in [-0.39, 0.29) is 12.5 Å².